The van der Waals surface area contributed by atoms with Crippen molar-refractivity contribution in [3.05, 3.63) is 34.5 Å². The molecule has 1 aliphatic rings. The first kappa shape index (κ1) is 14.2. The highest BCUT2D eigenvalue weighted by atomic mass is 79.9. The highest BCUT2D eigenvalue weighted by Gasteiger charge is 2.22. The van der Waals surface area contributed by atoms with E-state index in [1.165, 1.54) is 43.9 Å². The van der Waals surface area contributed by atoms with Gasteiger partial charge in [0.2, 0.25) is 0 Å². The van der Waals surface area contributed by atoms with E-state index in [1.54, 1.807) is 0 Å². The molecule has 2 nitrogen and oxygen atoms in total. The lowest BCUT2D eigenvalue weighted by Gasteiger charge is -2.25. The van der Waals surface area contributed by atoms with Gasteiger partial charge in [0.25, 0.3) is 0 Å². The van der Waals surface area contributed by atoms with Crippen LogP contribution < -0.4 is 5.32 Å². The second kappa shape index (κ2) is 6.31. The molecule has 0 amide bonds. The summed E-state index contributed by atoms with van der Waals surface area (Å²) >= 11 is 3.57. The van der Waals surface area contributed by atoms with Crippen molar-refractivity contribution in [3.8, 4) is 0 Å². The molecule has 1 atom stereocenters. The second-order valence-corrected chi connectivity index (χ2v) is 6.74. The molecule has 3 rings (SSSR count). The molecule has 0 aliphatic heterocycles. The molecule has 0 spiro atoms. The zero-order chi connectivity index (χ0) is 13.9. The lowest BCUT2D eigenvalue weighted by molar-refractivity contribution is 0.290. The van der Waals surface area contributed by atoms with Gasteiger partial charge in [0.1, 0.15) is 11.3 Å². The van der Waals surface area contributed by atoms with Gasteiger partial charge < -0.3 is 9.73 Å². The molecule has 20 heavy (non-hydrogen) atoms. The summed E-state index contributed by atoms with van der Waals surface area (Å²) in [6, 6.07) is 8.72. The van der Waals surface area contributed by atoms with Gasteiger partial charge in [-0.1, -0.05) is 44.2 Å². The SMILES string of the molecule is CNC(CC1CCCCC1)c1cc2cccc(Br)c2o1. The fraction of sp³-hybridized carbons (Fsp3) is 0.529. The van der Waals surface area contributed by atoms with Crippen molar-refractivity contribution in [1.29, 1.82) is 0 Å². The van der Waals surface area contributed by atoms with Gasteiger partial charge in [-0.3, -0.25) is 0 Å². The molecular formula is C17H22BrNO. The van der Waals surface area contributed by atoms with Crippen LogP contribution in [0.3, 0.4) is 0 Å². The van der Waals surface area contributed by atoms with Gasteiger partial charge in [-0.25, -0.2) is 0 Å². The number of fused-ring (bicyclic) bond motifs is 1. The molecule has 0 saturated heterocycles. The van der Waals surface area contributed by atoms with Gasteiger partial charge in [-0.15, -0.1) is 0 Å². The molecular weight excluding hydrogens is 314 g/mol. The van der Waals surface area contributed by atoms with Crippen molar-refractivity contribution in [3.63, 3.8) is 0 Å². The van der Waals surface area contributed by atoms with Gasteiger partial charge >= 0.3 is 0 Å². The van der Waals surface area contributed by atoms with E-state index in [0.717, 1.165) is 21.7 Å². The molecule has 1 aliphatic carbocycles. The van der Waals surface area contributed by atoms with Crippen molar-refractivity contribution < 1.29 is 4.42 Å². The predicted octanol–water partition coefficient (Wildman–Crippen LogP) is 5.43. The first-order valence-corrected chi connectivity index (χ1v) is 8.42. The first-order valence-electron chi connectivity index (χ1n) is 7.63. The Balaban J connectivity index is 1.81. The zero-order valence-corrected chi connectivity index (χ0v) is 13.6. The van der Waals surface area contributed by atoms with E-state index in [0.29, 0.717) is 6.04 Å². The summed E-state index contributed by atoms with van der Waals surface area (Å²) in [5, 5.41) is 4.62. The largest absolute Gasteiger partial charge is 0.458 e. The minimum atomic E-state index is 0.331. The number of benzene rings is 1. The molecule has 3 heteroatoms. The van der Waals surface area contributed by atoms with Crippen LogP contribution in [0.4, 0.5) is 0 Å². The minimum absolute atomic E-state index is 0.331. The summed E-state index contributed by atoms with van der Waals surface area (Å²) < 4.78 is 7.12. The fourth-order valence-corrected chi connectivity index (χ4v) is 3.81. The maximum atomic E-state index is 6.08. The summed E-state index contributed by atoms with van der Waals surface area (Å²) in [6.45, 7) is 0. The van der Waals surface area contributed by atoms with E-state index >= 15 is 0 Å². The fourth-order valence-electron chi connectivity index (χ4n) is 3.35. The first-order chi connectivity index (χ1) is 9.78. The van der Waals surface area contributed by atoms with Crippen LogP contribution in [0.25, 0.3) is 11.0 Å². The van der Waals surface area contributed by atoms with E-state index in [9.17, 15) is 0 Å². The van der Waals surface area contributed by atoms with E-state index in [2.05, 4.69) is 39.4 Å². The monoisotopic (exact) mass is 335 g/mol. The normalized spacial score (nSPS) is 18.5. The summed E-state index contributed by atoms with van der Waals surface area (Å²) in [4.78, 5) is 0. The quantitative estimate of drug-likeness (QED) is 0.806. The van der Waals surface area contributed by atoms with Crippen LogP contribution in [0, 0.1) is 5.92 Å². The standard InChI is InChI=1S/C17H22BrNO/c1-19-15(10-12-6-3-2-4-7-12)16-11-13-8-5-9-14(18)17(13)20-16/h5,8-9,11-12,15,19H,2-4,6-7,10H2,1H3. The van der Waals surface area contributed by atoms with Crippen molar-refractivity contribution in [2.24, 2.45) is 5.92 Å². The average Bonchev–Trinajstić information content (AvgIpc) is 2.91. The summed E-state index contributed by atoms with van der Waals surface area (Å²) in [7, 11) is 2.04. The Labute approximate surface area is 129 Å². The van der Waals surface area contributed by atoms with Crippen LogP contribution in [-0.2, 0) is 0 Å². The van der Waals surface area contributed by atoms with Gasteiger partial charge in [0.05, 0.1) is 10.5 Å². The van der Waals surface area contributed by atoms with Gasteiger partial charge in [0.15, 0.2) is 0 Å². The third kappa shape index (κ3) is 2.94. The molecule has 1 unspecified atom stereocenters. The number of hydrogen-bond acceptors (Lipinski definition) is 2. The van der Waals surface area contributed by atoms with Crippen molar-refractivity contribution in [1.82, 2.24) is 5.32 Å². The Bertz CT molecular complexity index is 571. The number of rotatable bonds is 4. The van der Waals surface area contributed by atoms with E-state index in [4.69, 9.17) is 4.42 Å². The Morgan fingerprint density at radius 3 is 2.80 bits per heavy atom. The second-order valence-electron chi connectivity index (χ2n) is 5.89. The Kier molecular flexibility index (Phi) is 4.47. The average molecular weight is 336 g/mol. The third-order valence-corrected chi connectivity index (χ3v) is 5.13. The van der Waals surface area contributed by atoms with Crippen LogP contribution in [0.5, 0.6) is 0 Å². The molecule has 1 aromatic carbocycles. The lowest BCUT2D eigenvalue weighted by atomic mass is 9.84. The van der Waals surface area contributed by atoms with Crippen molar-refractivity contribution >= 4 is 26.9 Å². The number of hydrogen-bond donors (Lipinski definition) is 1. The maximum absolute atomic E-state index is 6.08. The van der Waals surface area contributed by atoms with Crippen LogP contribution in [0.1, 0.15) is 50.3 Å². The number of nitrogens with one attached hydrogen (secondary N) is 1. The molecule has 1 aromatic heterocycles. The Hall–Kier alpha value is -0.800. The topological polar surface area (TPSA) is 25.2 Å². The highest BCUT2D eigenvalue weighted by molar-refractivity contribution is 9.10. The molecule has 0 radical (unpaired) electrons. The van der Waals surface area contributed by atoms with Crippen molar-refractivity contribution in [2.75, 3.05) is 7.05 Å². The maximum Gasteiger partial charge on any atom is 0.148 e. The number of para-hydroxylation sites is 1. The molecule has 1 fully saturated rings. The van der Waals surface area contributed by atoms with Crippen LogP contribution in [-0.4, -0.2) is 7.05 Å². The predicted molar refractivity (Wildman–Crippen MR) is 86.9 cm³/mol. The molecule has 0 bridgehead atoms. The van der Waals surface area contributed by atoms with E-state index in [1.807, 2.05) is 13.1 Å². The lowest BCUT2D eigenvalue weighted by Crippen LogP contribution is -2.20. The van der Waals surface area contributed by atoms with Crippen LogP contribution in [0.15, 0.2) is 33.2 Å². The van der Waals surface area contributed by atoms with Gasteiger partial charge in [0, 0.05) is 5.39 Å². The van der Waals surface area contributed by atoms with Gasteiger partial charge in [-0.05, 0) is 47.4 Å². The molecule has 1 saturated carbocycles. The number of halogens is 1. The summed E-state index contributed by atoms with van der Waals surface area (Å²) in [5.41, 5.74) is 0.964. The molecule has 1 N–H and O–H groups in total. The van der Waals surface area contributed by atoms with Crippen LogP contribution >= 0.6 is 15.9 Å². The molecule has 2 aromatic rings. The highest BCUT2D eigenvalue weighted by Crippen LogP contribution is 2.35. The van der Waals surface area contributed by atoms with Crippen LogP contribution in [0.2, 0.25) is 0 Å². The summed E-state index contributed by atoms with van der Waals surface area (Å²) in [5.74, 6) is 1.91. The molecule has 108 valence electrons. The smallest absolute Gasteiger partial charge is 0.148 e. The van der Waals surface area contributed by atoms with Gasteiger partial charge in [-0.2, -0.15) is 0 Å². The van der Waals surface area contributed by atoms with E-state index < -0.39 is 0 Å². The molecule has 1 heterocycles. The zero-order valence-electron chi connectivity index (χ0n) is 12.0. The number of furan rings is 1. The minimum Gasteiger partial charge on any atom is -0.458 e. The Morgan fingerprint density at radius 2 is 2.10 bits per heavy atom. The third-order valence-electron chi connectivity index (χ3n) is 4.50. The van der Waals surface area contributed by atoms with Crippen molar-refractivity contribution in [2.45, 2.75) is 44.6 Å². The van der Waals surface area contributed by atoms with E-state index in [-0.39, 0.29) is 0 Å². The summed E-state index contributed by atoms with van der Waals surface area (Å²) in [6.07, 6.45) is 8.15. The Morgan fingerprint density at radius 1 is 1.30 bits per heavy atom.